The maximum absolute atomic E-state index is 12.2. The summed E-state index contributed by atoms with van der Waals surface area (Å²) >= 11 is 3.15. The Morgan fingerprint density at radius 2 is 2.18 bits per heavy atom. The van der Waals surface area contributed by atoms with E-state index in [1.807, 2.05) is 42.8 Å². The molecule has 0 bridgehead atoms. The molecular weight excluding hydrogens is 250 g/mol. The van der Waals surface area contributed by atoms with Gasteiger partial charge in [-0.3, -0.25) is 4.79 Å². The number of ketones is 1. The first-order valence-corrected chi connectivity index (χ1v) is 7.38. The Balaban J connectivity index is 2.20. The Labute approximate surface area is 109 Å². The van der Waals surface area contributed by atoms with Gasteiger partial charge in [-0.05, 0) is 19.2 Å². The molecule has 0 aliphatic heterocycles. The molecule has 17 heavy (non-hydrogen) atoms. The van der Waals surface area contributed by atoms with E-state index < -0.39 is 0 Å². The predicted octanol–water partition coefficient (Wildman–Crippen LogP) is 3.60. The topological polar surface area (TPSA) is 30.0 Å². The lowest BCUT2D eigenvalue weighted by molar-refractivity contribution is 0.0990. The van der Waals surface area contributed by atoms with Crippen LogP contribution in [0.1, 0.15) is 21.1 Å². The summed E-state index contributed by atoms with van der Waals surface area (Å²) in [4.78, 5) is 17.5. The minimum absolute atomic E-state index is 0.143. The number of benzene rings is 1. The molecule has 0 atom stereocenters. The van der Waals surface area contributed by atoms with Crippen LogP contribution in [0.5, 0.6) is 0 Å². The van der Waals surface area contributed by atoms with E-state index in [1.54, 1.807) is 23.1 Å². The van der Waals surface area contributed by atoms with Crippen molar-refractivity contribution in [3.8, 4) is 0 Å². The predicted molar refractivity (Wildman–Crippen MR) is 73.1 cm³/mol. The molecule has 2 rings (SSSR count). The minimum Gasteiger partial charge on any atom is -0.294 e. The molecule has 0 radical (unpaired) electrons. The fourth-order valence-corrected chi connectivity index (χ4v) is 2.98. The second-order valence-corrected chi connectivity index (χ2v) is 5.47. The first-order chi connectivity index (χ1) is 8.20. The van der Waals surface area contributed by atoms with E-state index in [0.29, 0.717) is 6.42 Å². The highest BCUT2D eigenvalue weighted by Crippen LogP contribution is 2.22. The van der Waals surface area contributed by atoms with Crippen molar-refractivity contribution in [1.82, 2.24) is 4.98 Å². The number of rotatable bonds is 4. The van der Waals surface area contributed by atoms with Gasteiger partial charge >= 0.3 is 0 Å². The van der Waals surface area contributed by atoms with E-state index in [2.05, 4.69) is 4.98 Å². The monoisotopic (exact) mass is 263 g/mol. The van der Waals surface area contributed by atoms with Gasteiger partial charge in [-0.15, -0.1) is 23.1 Å². The van der Waals surface area contributed by atoms with Crippen molar-refractivity contribution in [3.05, 3.63) is 45.9 Å². The summed E-state index contributed by atoms with van der Waals surface area (Å²) in [5.74, 6) is 0.143. The number of thioether (sulfide) groups is 1. The van der Waals surface area contributed by atoms with E-state index in [4.69, 9.17) is 0 Å². The first kappa shape index (κ1) is 12.3. The van der Waals surface area contributed by atoms with Crippen LogP contribution in [-0.2, 0) is 6.42 Å². The molecule has 0 fully saturated rings. The lowest BCUT2D eigenvalue weighted by Gasteiger charge is -2.04. The molecule has 2 nitrogen and oxygen atoms in total. The molecule has 0 unspecified atom stereocenters. The lowest BCUT2D eigenvalue weighted by atomic mass is 10.1. The maximum Gasteiger partial charge on any atom is 0.170 e. The molecule has 0 spiro atoms. The Morgan fingerprint density at radius 1 is 1.41 bits per heavy atom. The number of aromatic nitrogens is 1. The zero-order chi connectivity index (χ0) is 12.3. The highest BCUT2D eigenvalue weighted by atomic mass is 32.2. The number of Topliss-reactive ketones (excluding diaryl/α,β-unsaturated/α-hetero) is 1. The first-order valence-electron chi connectivity index (χ1n) is 5.28. The molecule has 0 aliphatic carbocycles. The van der Waals surface area contributed by atoms with Crippen molar-refractivity contribution in [1.29, 1.82) is 0 Å². The molecule has 0 amide bonds. The molecule has 88 valence electrons. The summed E-state index contributed by atoms with van der Waals surface area (Å²) < 4.78 is 0. The van der Waals surface area contributed by atoms with Gasteiger partial charge in [-0.2, -0.15) is 0 Å². The van der Waals surface area contributed by atoms with Gasteiger partial charge in [0.05, 0.1) is 6.42 Å². The summed E-state index contributed by atoms with van der Waals surface area (Å²) in [6, 6.07) is 7.72. The van der Waals surface area contributed by atoms with Crippen molar-refractivity contribution in [2.75, 3.05) is 6.26 Å². The Morgan fingerprint density at radius 3 is 2.82 bits per heavy atom. The number of carbonyl (C=O) groups is 1. The second-order valence-electron chi connectivity index (χ2n) is 3.68. The van der Waals surface area contributed by atoms with Crippen molar-refractivity contribution in [3.63, 3.8) is 0 Å². The summed E-state index contributed by atoms with van der Waals surface area (Å²) in [6.07, 6.45) is 2.38. The van der Waals surface area contributed by atoms with E-state index in [-0.39, 0.29) is 5.78 Å². The molecule has 0 aliphatic rings. The number of hydrogen-bond donors (Lipinski definition) is 0. The van der Waals surface area contributed by atoms with Crippen molar-refractivity contribution < 1.29 is 4.79 Å². The number of nitrogens with zero attached hydrogens (tertiary/aromatic N) is 1. The van der Waals surface area contributed by atoms with Gasteiger partial charge in [-0.25, -0.2) is 4.98 Å². The standard InChI is InChI=1S/C13H13NOS2/c1-9-8-17-13(14-9)7-11(15)10-5-3-4-6-12(10)16-2/h3-6,8H,7H2,1-2H3. The number of thiazole rings is 1. The van der Waals surface area contributed by atoms with Crippen LogP contribution in [0.25, 0.3) is 0 Å². The molecular formula is C13H13NOS2. The van der Waals surface area contributed by atoms with Gasteiger partial charge in [0.1, 0.15) is 5.01 Å². The third-order valence-electron chi connectivity index (χ3n) is 2.39. The molecule has 1 heterocycles. The van der Waals surface area contributed by atoms with E-state index in [1.165, 1.54) is 0 Å². The third kappa shape index (κ3) is 2.96. The van der Waals surface area contributed by atoms with Crippen LogP contribution in [0.3, 0.4) is 0 Å². The highest BCUT2D eigenvalue weighted by Gasteiger charge is 2.12. The third-order valence-corrected chi connectivity index (χ3v) is 4.15. The number of carbonyl (C=O) groups excluding carboxylic acids is 1. The fourth-order valence-electron chi connectivity index (χ4n) is 1.59. The largest absolute Gasteiger partial charge is 0.294 e. The molecule has 0 saturated heterocycles. The van der Waals surface area contributed by atoms with Crippen LogP contribution >= 0.6 is 23.1 Å². The molecule has 0 N–H and O–H groups in total. The fraction of sp³-hybridized carbons (Fsp3) is 0.231. The van der Waals surface area contributed by atoms with Crippen LogP contribution in [0.15, 0.2) is 34.5 Å². The molecule has 4 heteroatoms. The Kier molecular flexibility index (Phi) is 3.97. The van der Waals surface area contributed by atoms with Crippen LogP contribution in [0, 0.1) is 6.92 Å². The van der Waals surface area contributed by atoms with Crippen LogP contribution in [0.2, 0.25) is 0 Å². The SMILES string of the molecule is CSc1ccccc1C(=O)Cc1nc(C)cs1. The Bertz CT molecular complexity index is 534. The number of hydrogen-bond acceptors (Lipinski definition) is 4. The molecule has 1 aromatic heterocycles. The van der Waals surface area contributed by atoms with Crippen molar-refractivity contribution in [2.45, 2.75) is 18.2 Å². The zero-order valence-electron chi connectivity index (χ0n) is 9.77. The summed E-state index contributed by atoms with van der Waals surface area (Å²) in [7, 11) is 0. The summed E-state index contributed by atoms with van der Waals surface area (Å²) in [5, 5.41) is 2.87. The van der Waals surface area contributed by atoms with E-state index in [9.17, 15) is 4.79 Å². The quantitative estimate of drug-likeness (QED) is 0.623. The summed E-state index contributed by atoms with van der Waals surface area (Å²) in [5.41, 5.74) is 1.78. The number of aryl methyl sites for hydroxylation is 1. The highest BCUT2D eigenvalue weighted by molar-refractivity contribution is 7.98. The van der Waals surface area contributed by atoms with Gasteiger partial charge in [-0.1, -0.05) is 18.2 Å². The van der Waals surface area contributed by atoms with E-state index >= 15 is 0 Å². The summed E-state index contributed by atoms with van der Waals surface area (Å²) in [6.45, 7) is 1.94. The van der Waals surface area contributed by atoms with Crippen LogP contribution < -0.4 is 0 Å². The van der Waals surface area contributed by atoms with E-state index in [0.717, 1.165) is 21.2 Å². The van der Waals surface area contributed by atoms with Crippen LogP contribution in [-0.4, -0.2) is 17.0 Å². The average Bonchev–Trinajstić information content (AvgIpc) is 2.74. The molecule has 0 saturated carbocycles. The maximum atomic E-state index is 12.2. The van der Waals surface area contributed by atoms with Gasteiger partial charge in [0.15, 0.2) is 5.78 Å². The van der Waals surface area contributed by atoms with Gasteiger partial charge in [0.2, 0.25) is 0 Å². The minimum atomic E-state index is 0.143. The van der Waals surface area contributed by atoms with Crippen LogP contribution in [0.4, 0.5) is 0 Å². The smallest absolute Gasteiger partial charge is 0.170 e. The zero-order valence-corrected chi connectivity index (χ0v) is 11.4. The van der Waals surface area contributed by atoms with Gasteiger partial charge < -0.3 is 0 Å². The Hall–Kier alpha value is -1.13. The van der Waals surface area contributed by atoms with Crippen molar-refractivity contribution in [2.24, 2.45) is 0 Å². The lowest BCUT2D eigenvalue weighted by Crippen LogP contribution is -2.04. The molecule has 2 aromatic rings. The van der Waals surface area contributed by atoms with Gasteiger partial charge in [0, 0.05) is 21.5 Å². The van der Waals surface area contributed by atoms with Crippen molar-refractivity contribution >= 4 is 28.9 Å². The molecule has 1 aromatic carbocycles. The average molecular weight is 263 g/mol. The second kappa shape index (κ2) is 5.47. The van der Waals surface area contributed by atoms with Gasteiger partial charge in [0.25, 0.3) is 0 Å². The normalized spacial score (nSPS) is 10.5.